The second-order valence-electron chi connectivity index (χ2n) is 3.84. The summed E-state index contributed by atoms with van der Waals surface area (Å²) in [7, 11) is 0. The molecule has 3 heteroatoms. The van der Waals surface area contributed by atoms with Gasteiger partial charge in [0.1, 0.15) is 6.04 Å². The number of hydrogen-bond donors (Lipinski definition) is 1. The van der Waals surface area contributed by atoms with Gasteiger partial charge in [0.15, 0.2) is 0 Å². The molecule has 0 saturated carbocycles. The average Bonchev–Trinajstić information content (AvgIpc) is 2.23. The third kappa shape index (κ3) is 8.43. The van der Waals surface area contributed by atoms with E-state index < -0.39 is 0 Å². The van der Waals surface area contributed by atoms with Crippen LogP contribution in [0.4, 0.5) is 0 Å². The molecule has 0 radical (unpaired) electrons. The van der Waals surface area contributed by atoms with Gasteiger partial charge in [-0.1, -0.05) is 32.6 Å². The fourth-order valence-electron chi connectivity index (χ4n) is 1.40. The van der Waals surface area contributed by atoms with E-state index >= 15 is 0 Å². The van der Waals surface area contributed by atoms with Crippen molar-refractivity contribution in [3.63, 3.8) is 0 Å². The molecule has 0 saturated heterocycles. The Hall–Kier alpha value is -0.570. The number of ether oxygens (including phenoxy) is 1. The van der Waals surface area contributed by atoms with E-state index in [2.05, 4.69) is 12.2 Å². The molecule has 0 aromatic rings. The molecular weight excluding hydrogens is 190 g/mol. The Labute approximate surface area is 93.6 Å². The number of nitrogens with one attached hydrogen (secondary N) is 1. The molecule has 90 valence electrons. The molecule has 0 aliphatic carbocycles. The number of carbonyl (C=O) groups is 1. The predicted molar refractivity (Wildman–Crippen MR) is 62.9 cm³/mol. The van der Waals surface area contributed by atoms with Gasteiger partial charge in [-0.05, 0) is 26.8 Å². The van der Waals surface area contributed by atoms with Crippen molar-refractivity contribution in [1.29, 1.82) is 0 Å². The highest BCUT2D eigenvalue weighted by Crippen LogP contribution is 2.01. The first-order valence-corrected chi connectivity index (χ1v) is 6.12. The molecule has 3 nitrogen and oxygen atoms in total. The minimum Gasteiger partial charge on any atom is -0.465 e. The van der Waals surface area contributed by atoms with Gasteiger partial charge in [-0.25, -0.2) is 0 Å². The Morgan fingerprint density at radius 2 is 1.87 bits per heavy atom. The van der Waals surface area contributed by atoms with Crippen molar-refractivity contribution in [2.24, 2.45) is 0 Å². The third-order valence-corrected chi connectivity index (χ3v) is 2.37. The Morgan fingerprint density at radius 3 is 2.47 bits per heavy atom. The van der Waals surface area contributed by atoms with Gasteiger partial charge in [-0.3, -0.25) is 4.79 Å². The van der Waals surface area contributed by atoms with Crippen molar-refractivity contribution in [2.45, 2.75) is 58.9 Å². The second-order valence-corrected chi connectivity index (χ2v) is 3.84. The monoisotopic (exact) mass is 215 g/mol. The molecular formula is C12H25NO2. The molecule has 0 heterocycles. The zero-order valence-corrected chi connectivity index (χ0v) is 10.3. The third-order valence-electron chi connectivity index (χ3n) is 2.37. The minimum absolute atomic E-state index is 0.147. The van der Waals surface area contributed by atoms with E-state index in [9.17, 15) is 4.79 Å². The number of rotatable bonds is 9. The molecule has 0 aromatic carbocycles. The van der Waals surface area contributed by atoms with E-state index in [0.29, 0.717) is 6.61 Å². The molecule has 1 atom stereocenters. The summed E-state index contributed by atoms with van der Waals surface area (Å²) < 4.78 is 4.90. The van der Waals surface area contributed by atoms with Gasteiger partial charge in [-0.15, -0.1) is 0 Å². The van der Waals surface area contributed by atoms with E-state index in [1.165, 1.54) is 25.7 Å². The summed E-state index contributed by atoms with van der Waals surface area (Å²) in [4.78, 5) is 11.2. The molecule has 0 rings (SSSR count). The van der Waals surface area contributed by atoms with Crippen LogP contribution in [0.1, 0.15) is 52.9 Å². The highest BCUT2D eigenvalue weighted by atomic mass is 16.5. The van der Waals surface area contributed by atoms with Crippen LogP contribution in [0, 0.1) is 0 Å². The number of carbonyl (C=O) groups excluding carboxylic acids is 1. The average molecular weight is 215 g/mol. The maximum atomic E-state index is 11.2. The second kappa shape index (κ2) is 9.97. The van der Waals surface area contributed by atoms with Crippen molar-refractivity contribution in [1.82, 2.24) is 5.32 Å². The van der Waals surface area contributed by atoms with Crippen molar-refractivity contribution in [2.75, 3.05) is 13.2 Å². The lowest BCUT2D eigenvalue weighted by Gasteiger charge is -2.12. The van der Waals surface area contributed by atoms with Crippen molar-refractivity contribution < 1.29 is 9.53 Å². The summed E-state index contributed by atoms with van der Waals surface area (Å²) in [5, 5.41) is 3.17. The lowest BCUT2D eigenvalue weighted by molar-refractivity contribution is -0.145. The first kappa shape index (κ1) is 14.4. The number of esters is 1. The topological polar surface area (TPSA) is 38.3 Å². The summed E-state index contributed by atoms with van der Waals surface area (Å²) in [6, 6.07) is -0.170. The first-order chi connectivity index (χ1) is 7.22. The van der Waals surface area contributed by atoms with Gasteiger partial charge in [0, 0.05) is 0 Å². The summed E-state index contributed by atoms with van der Waals surface area (Å²) in [5.74, 6) is -0.147. The Morgan fingerprint density at radius 1 is 1.20 bits per heavy atom. The standard InChI is InChI=1S/C12H25NO2/c1-4-6-7-8-9-10-13-11(3)12(14)15-5-2/h11,13H,4-10H2,1-3H3. The SMILES string of the molecule is CCCCCCCNC(C)C(=O)OCC. The first-order valence-electron chi connectivity index (χ1n) is 6.12. The van der Waals surface area contributed by atoms with Crippen molar-refractivity contribution in [3.05, 3.63) is 0 Å². The highest BCUT2D eigenvalue weighted by molar-refractivity contribution is 5.75. The van der Waals surface area contributed by atoms with Crippen LogP contribution < -0.4 is 5.32 Å². The predicted octanol–water partition coefficient (Wildman–Crippen LogP) is 2.50. The molecule has 1 N–H and O–H groups in total. The molecule has 1 unspecified atom stereocenters. The van der Waals surface area contributed by atoms with E-state index in [1.54, 1.807) is 0 Å². The fraction of sp³-hybridized carbons (Fsp3) is 0.917. The number of hydrogen-bond acceptors (Lipinski definition) is 3. The van der Waals surface area contributed by atoms with E-state index in [1.807, 2.05) is 13.8 Å². The molecule has 15 heavy (non-hydrogen) atoms. The number of unbranched alkanes of at least 4 members (excludes halogenated alkanes) is 4. The highest BCUT2D eigenvalue weighted by Gasteiger charge is 2.11. The van der Waals surface area contributed by atoms with Crippen LogP contribution in [0.3, 0.4) is 0 Å². The van der Waals surface area contributed by atoms with Crippen LogP contribution in [0.5, 0.6) is 0 Å². The maximum Gasteiger partial charge on any atom is 0.322 e. The minimum atomic E-state index is -0.170. The van der Waals surface area contributed by atoms with E-state index in [4.69, 9.17) is 4.74 Å². The van der Waals surface area contributed by atoms with Gasteiger partial charge in [0.25, 0.3) is 0 Å². The van der Waals surface area contributed by atoms with Gasteiger partial charge in [-0.2, -0.15) is 0 Å². The van der Waals surface area contributed by atoms with Crippen LogP contribution in [-0.4, -0.2) is 25.2 Å². The van der Waals surface area contributed by atoms with Gasteiger partial charge in [0.05, 0.1) is 6.61 Å². The molecule has 0 amide bonds. The molecule has 0 fully saturated rings. The zero-order chi connectivity index (χ0) is 11.5. The van der Waals surface area contributed by atoms with Crippen LogP contribution in [0.2, 0.25) is 0 Å². The van der Waals surface area contributed by atoms with Crippen LogP contribution in [-0.2, 0) is 9.53 Å². The molecule has 0 aromatic heterocycles. The zero-order valence-electron chi connectivity index (χ0n) is 10.3. The van der Waals surface area contributed by atoms with E-state index in [-0.39, 0.29) is 12.0 Å². The van der Waals surface area contributed by atoms with Gasteiger partial charge < -0.3 is 10.1 Å². The smallest absolute Gasteiger partial charge is 0.322 e. The molecule has 0 aliphatic heterocycles. The summed E-state index contributed by atoms with van der Waals surface area (Å²) in [6.45, 7) is 7.26. The Bertz CT molecular complexity index is 160. The molecule has 0 bridgehead atoms. The van der Waals surface area contributed by atoms with E-state index in [0.717, 1.165) is 13.0 Å². The lowest BCUT2D eigenvalue weighted by atomic mass is 10.1. The summed E-state index contributed by atoms with van der Waals surface area (Å²) >= 11 is 0. The quantitative estimate of drug-likeness (QED) is 0.474. The fourth-order valence-corrected chi connectivity index (χ4v) is 1.40. The van der Waals surface area contributed by atoms with Crippen LogP contribution in [0.25, 0.3) is 0 Å². The Balaban J connectivity index is 3.30. The van der Waals surface area contributed by atoms with Gasteiger partial charge in [0.2, 0.25) is 0 Å². The normalized spacial score (nSPS) is 12.5. The van der Waals surface area contributed by atoms with Crippen LogP contribution >= 0.6 is 0 Å². The largest absolute Gasteiger partial charge is 0.465 e. The summed E-state index contributed by atoms with van der Waals surface area (Å²) in [6.07, 6.45) is 6.27. The molecule has 0 aliphatic rings. The summed E-state index contributed by atoms with van der Waals surface area (Å²) in [5.41, 5.74) is 0. The maximum absolute atomic E-state index is 11.2. The van der Waals surface area contributed by atoms with Crippen molar-refractivity contribution in [3.8, 4) is 0 Å². The van der Waals surface area contributed by atoms with Crippen molar-refractivity contribution >= 4 is 5.97 Å². The Kier molecular flexibility index (Phi) is 9.59. The molecule has 0 spiro atoms. The van der Waals surface area contributed by atoms with Gasteiger partial charge >= 0.3 is 5.97 Å². The van der Waals surface area contributed by atoms with Crippen LogP contribution in [0.15, 0.2) is 0 Å². The lowest BCUT2D eigenvalue weighted by Crippen LogP contribution is -2.35.